The summed E-state index contributed by atoms with van der Waals surface area (Å²) in [5.74, 6) is 0.212. The van der Waals surface area contributed by atoms with E-state index in [4.69, 9.17) is 11.6 Å². The molecule has 2 aliphatic rings. The minimum atomic E-state index is -0.113. The van der Waals surface area contributed by atoms with Crippen molar-refractivity contribution < 1.29 is 9.59 Å². The van der Waals surface area contributed by atoms with Gasteiger partial charge >= 0.3 is 6.03 Å². The fraction of sp³-hybridized carbons (Fsp3) is 0.474. The van der Waals surface area contributed by atoms with Crippen molar-refractivity contribution in [3.05, 3.63) is 41.9 Å². The molecule has 1 aromatic rings. The lowest BCUT2D eigenvalue weighted by molar-refractivity contribution is -0.138. The predicted octanol–water partition coefficient (Wildman–Crippen LogP) is 3.76. The number of halogens is 1. The van der Waals surface area contributed by atoms with Crippen molar-refractivity contribution in [2.75, 3.05) is 31.5 Å². The van der Waals surface area contributed by atoms with E-state index < -0.39 is 0 Å². The van der Waals surface area contributed by atoms with Crippen LogP contribution in [0.3, 0.4) is 0 Å². The lowest BCUT2D eigenvalue weighted by atomic mass is 9.72. The van der Waals surface area contributed by atoms with Gasteiger partial charge in [-0.1, -0.05) is 29.8 Å². The maximum Gasteiger partial charge on any atom is 0.321 e. The van der Waals surface area contributed by atoms with Crippen LogP contribution in [0.5, 0.6) is 0 Å². The minimum Gasteiger partial charge on any atom is -0.338 e. The smallest absolute Gasteiger partial charge is 0.321 e. The van der Waals surface area contributed by atoms with Gasteiger partial charge in [-0.3, -0.25) is 4.79 Å². The molecule has 3 rings (SSSR count). The molecular formula is C19H24ClN3O2. The molecule has 1 aromatic carbocycles. The molecule has 6 heteroatoms. The molecule has 0 unspecified atom stereocenters. The fourth-order valence-electron chi connectivity index (χ4n) is 3.77. The highest BCUT2D eigenvalue weighted by Crippen LogP contribution is 2.40. The lowest BCUT2D eigenvalue weighted by Crippen LogP contribution is -2.52. The fourth-order valence-corrected chi connectivity index (χ4v) is 3.96. The second-order valence-corrected chi connectivity index (χ2v) is 7.37. The zero-order chi connectivity index (χ0) is 17.9. The summed E-state index contributed by atoms with van der Waals surface area (Å²) < 4.78 is 0. The number of piperidine rings is 2. The predicted molar refractivity (Wildman–Crippen MR) is 99.7 cm³/mol. The number of amides is 3. The highest BCUT2D eigenvalue weighted by atomic mass is 35.5. The monoisotopic (exact) mass is 361 g/mol. The first-order valence-electron chi connectivity index (χ1n) is 8.72. The van der Waals surface area contributed by atoms with E-state index in [1.807, 2.05) is 21.9 Å². The number of hydrogen-bond acceptors (Lipinski definition) is 2. The van der Waals surface area contributed by atoms with Gasteiger partial charge in [-0.15, -0.1) is 6.58 Å². The highest BCUT2D eigenvalue weighted by molar-refractivity contribution is 6.33. The molecule has 2 aliphatic heterocycles. The van der Waals surface area contributed by atoms with Crippen LogP contribution in [0.25, 0.3) is 0 Å². The Balaban J connectivity index is 1.58. The van der Waals surface area contributed by atoms with E-state index in [-0.39, 0.29) is 17.4 Å². The third-order valence-electron chi connectivity index (χ3n) is 5.32. The standard InChI is InChI=1S/C19H24ClN3O2/c1-2-11-23-14-19(8-7-17(23)24)9-12-22(13-10-19)18(25)21-16-6-4-3-5-15(16)20/h2-6H,1,7-14H2,(H,21,25). The zero-order valence-electron chi connectivity index (χ0n) is 14.3. The third-order valence-corrected chi connectivity index (χ3v) is 5.65. The van der Waals surface area contributed by atoms with Crippen LogP contribution >= 0.6 is 11.6 Å². The summed E-state index contributed by atoms with van der Waals surface area (Å²) in [7, 11) is 0. The number of carbonyl (C=O) groups is 2. The molecule has 5 nitrogen and oxygen atoms in total. The van der Waals surface area contributed by atoms with Crippen molar-refractivity contribution in [2.24, 2.45) is 5.41 Å². The number of hydrogen-bond donors (Lipinski definition) is 1. The molecule has 134 valence electrons. The van der Waals surface area contributed by atoms with Crippen LogP contribution in [-0.4, -0.2) is 47.9 Å². The number of benzene rings is 1. The number of para-hydroxylation sites is 1. The van der Waals surface area contributed by atoms with E-state index in [2.05, 4.69) is 11.9 Å². The van der Waals surface area contributed by atoms with Crippen LogP contribution in [0.1, 0.15) is 25.7 Å². The summed E-state index contributed by atoms with van der Waals surface area (Å²) in [5, 5.41) is 3.42. The van der Waals surface area contributed by atoms with Crippen molar-refractivity contribution in [1.82, 2.24) is 9.80 Å². The molecule has 1 spiro atoms. The molecule has 0 aromatic heterocycles. The maximum absolute atomic E-state index is 12.5. The van der Waals surface area contributed by atoms with Gasteiger partial charge in [-0.25, -0.2) is 4.79 Å². The Morgan fingerprint density at radius 2 is 2.00 bits per heavy atom. The van der Waals surface area contributed by atoms with Crippen molar-refractivity contribution in [3.8, 4) is 0 Å². The van der Waals surface area contributed by atoms with E-state index >= 15 is 0 Å². The molecule has 2 saturated heterocycles. The summed E-state index contributed by atoms with van der Waals surface area (Å²) in [5.41, 5.74) is 0.771. The number of anilines is 1. The van der Waals surface area contributed by atoms with Gasteiger partial charge in [0.05, 0.1) is 10.7 Å². The van der Waals surface area contributed by atoms with E-state index in [0.29, 0.717) is 36.8 Å². The Morgan fingerprint density at radius 1 is 1.28 bits per heavy atom. The molecule has 0 aliphatic carbocycles. The van der Waals surface area contributed by atoms with E-state index in [1.54, 1.807) is 18.2 Å². The van der Waals surface area contributed by atoms with Crippen LogP contribution < -0.4 is 5.32 Å². The van der Waals surface area contributed by atoms with E-state index in [0.717, 1.165) is 25.8 Å². The molecule has 2 fully saturated rings. The maximum atomic E-state index is 12.5. The second-order valence-electron chi connectivity index (χ2n) is 6.96. The van der Waals surface area contributed by atoms with E-state index in [1.165, 1.54) is 0 Å². The van der Waals surface area contributed by atoms with Crippen LogP contribution in [0.15, 0.2) is 36.9 Å². The van der Waals surface area contributed by atoms with Crippen LogP contribution in [0.4, 0.5) is 10.5 Å². The lowest BCUT2D eigenvalue weighted by Gasteiger charge is -2.47. The van der Waals surface area contributed by atoms with Gasteiger partial charge in [-0.05, 0) is 36.8 Å². The number of nitrogens with one attached hydrogen (secondary N) is 1. The van der Waals surface area contributed by atoms with Crippen LogP contribution in [0.2, 0.25) is 5.02 Å². The minimum absolute atomic E-state index is 0.113. The van der Waals surface area contributed by atoms with Crippen LogP contribution in [-0.2, 0) is 4.79 Å². The third kappa shape index (κ3) is 3.98. The zero-order valence-corrected chi connectivity index (χ0v) is 15.1. The molecule has 25 heavy (non-hydrogen) atoms. The summed E-state index contributed by atoms with van der Waals surface area (Å²) in [6.07, 6.45) is 5.13. The van der Waals surface area contributed by atoms with Crippen LogP contribution in [0, 0.1) is 5.41 Å². The van der Waals surface area contributed by atoms with E-state index in [9.17, 15) is 9.59 Å². The Hall–Kier alpha value is -2.01. The van der Waals surface area contributed by atoms with Crippen molar-refractivity contribution in [3.63, 3.8) is 0 Å². The van der Waals surface area contributed by atoms with Gasteiger partial charge in [0.2, 0.25) is 5.91 Å². The second kappa shape index (κ2) is 7.48. The Bertz CT molecular complexity index is 668. The molecule has 0 bridgehead atoms. The van der Waals surface area contributed by atoms with Gasteiger partial charge in [0.15, 0.2) is 0 Å². The van der Waals surface area contributed by atoms with Gasteiger partial charge in [0.1, 0.15) is 0 Å². The SMILES string of the molecule is C=CCN1CC2(CCC1=O)CCN(C(=O)Nc1ccccc1Cl)CC2. The number of rotatable bonds is 3. The van der Waals surface area contributed by atoms with Crippen molar-refractivity contribution in [1.29, 1.82) is 0 Å². The van der Waals surface area contributed by atoms with Crippen molar-refractivity contribution >= 4 is 29.2 Å². The largest absolute Gasteiger partial charge is 0.338 e. The first-order chi connectivity index (χ1) is 12.0. The molecule has 3 amide bonds. The van der Waals surface area contributed by atoms with Gasteiger partial charge in [0, 0.05) is 32.6 Å². The summed E-state index contributed by atoms with van der Waals surface area (Å²) in [6.45, 7) is 6.52. The van der Waals surface area contributed by atoms with Gasteiger partial charge in [-0.2, -0.15) is 0 Å². The first-order valence-corrected chi connectivity index (χ1v) is 9.10. The normalized spacial score (nSPS) is 19.8. The molecule has 1 N–H and O–H groups in total. The van der Waals surface area contributed by atoms with Crippen molar-refractivity contribution in [2.45, 2.75) is 25.7 Å². The number of urea groups is 1. The molecule has 0 atom stereocenters. The average Bonchev–Trinajstić information content (AvgIpc) is 2.61. The van der Waals surface area contributed by atoms with Gasteiger partial charge in [0.25, 0.3) is 0 Å². The molecule has 0 radical (unpaired) electrons. The summed E-state index contributed by atoms with van der Waals surface area (Å²) >= 11 is 6.10. The topological polar surface area (TPSA) is 52.7 Å². The summed E-state index contributed by atoms with van der Waals surface area (Å²) in [6, 6.07) is 7.13. The summed E-state index contributed by atoms with van der Waals surface area (Å²) in [4.78, 5) is 28.2. The molecule has 2 heterocycles. The molecular weight excluding hydrogens is 338 g/mol. The Kier molecular flexibility index (Phi) is 5.33. The van der Waals surface area contributed by atoms with Gasteiger partial charge < -0.3 is 15.1 Å². The molecule has 0 saturated carbocycles. The Labute approximate surface area is 153 Å². The highest BCUT2D eigenvalue weighted by Gasteiger charge is 2.41. The quantitative estimate of drug-likeness (QED) is 0.833. The first kappa shape index (κ1) is 17.8. The number of carbonyl (C=O) groups excluding carboxylic acids is 2. The number of nitrogens with zero attached hydrogens (tertiary/aromatic N) is 2. The Morgan fingerprint density at radius 3 is 2.68 bits per heavy atom. The number of likely N-dealkylation sites (tertiary alicyclic amines) is 2. The average molecular weight is 362 g/mol.